The molecular formula is C20H21NO3. The Morgan fingerprint density at radius 3 is 2.42 bits per heavy atom. The highest BCUT2D eigenvalue weighted by Gasteiger charge is 2.25. The van der Waals surface area contributed by atoms with E-state index in [-0.39, 0.29) is 11.8 Å². The Kier molecular flexibility index (Phi) is 4.94. The Balaban J connectivity index is 1.62. The van der Waals surface area contributed by atoms with Gasteiger partial charge in [0.05, 0.1) is 0 Å². The Labute approximate surface area is 141 Å². The van der Waals surface area contributed by atoms with E-state index in [1.54, 1.807) is 24.3 Å². The molecular weight excluding hydrogens is 302 g/mol. The lowest BCUT2D eigenvalue weighted by molar-refractivity contribution is -0.142. The monoisotopic (exact) mass is 323 g/mol. The van der Waals surface area contributed by atoms with Crippen LogP contribution in [0.1, 0.15) is 35.6 Å². The van der Waals surface area contributed by atoms with Crippen LogP contribution < -0.4 is 5.32 Å². The van der Waals surface area contributed by atoms with Gasteiger partial charge in [0.1, 0.15) is 0 Å². The Hall–Kier alpha value is -2.62. The molecule has 0 fully saturated rings. The van der Waals surface area contributed by atoms with Crippen LogP contribution in [0.2, 0.25) is 0 Å². The molecule has 3 rings (SSSR count). The van der Waals surface area contributed by atoms with Gasteiger partial charge in [-0.15, -0.1) is 0 Å². The molecule has 2 aromatic rings. The fraction of sp³-hybridized carbons (Fsp3) is 0.300. The van der Waals surface area contributed by atoms with Gasteiger partial charge in [0.25, 0.3) is 0 Å². The highest BCUT2D eigenvalue weighted by atomic mass is 16.4. The molecule has 1 aliphatic rings. The quantitative estimate of drug-likeness (QED) is 0.888. The van der Waals surface area contributed by atoms with Crippen molar-refractivity contribution in [1.82, 2.24) is 5.32 Å². The van der Waals surface area contributed by atoms with Crippen LogP contribution in [0.4, 0.5) is 0 Å². The largest absolute Gasteiger partial charge is 0.479 e. The number of carboxylic acids is 1. The van der Waals surface area contributed by atoms with Crippen LogP contribution in [0.25, 0.3) is 0 Å². The maximum atomic E-state index is 12.3. The third-order valence-corrected chi connectivity index (χ3v) is 4.61. The van der Waals surface area contributed by atoms with Gasteiger partial charge in [0.15, 0.2) is 6.04 Å². The molecule has 0 radical (unpaired) electrons. The van der Waals surface area contributed by atoms with Gasteiger partial charge < -0.3 is 10.4 Å². The standard InChI is InChI=1S/C20H21NO3/c22-18(21-19(20(23)24)16-7-2-1-3-8-16)13-14-10-11-15-6-4-5-9-17(15)12-14/h1-9,14,19H,10-13H2,(H,21,22)(H,23,24)/t14?,19-/m1/s1. The zero-order valence-corrected chi connectivity index (χ0v) is 13.4. The summed E-state index contributed by atoms with van der Waals surface area (Å²) in [6.45, 7) is 0. The first kappa shape index (κ1) is 16.2. The average Bonchev–Trinajstić information content (AvgIpc) is 2.60. The molecule has 0 aromatic heterocycles. The molecule has 2 aromatic carbocycles. The molecule has 1 unspecified atom stereocenters. The third kappa shape index (κ3) is 3.82. The lowest BCUT2D eigenvalue weighted by Crippen LogP contribution is -2.35. The molecule has 1 amide bonds. The van der Waals surface area contributed by atoms with Gasteiger partial charge >= 0.3 is 5.97 Å². The zero-order valence-electron chi connectivity index (χ0n) is 13.4. The number of carboxylic acid groups (broad SMARTS) is 1. The summed E-state index contributed by atoms with van der Waals surface area (Å²) in [6, 6.07) is 16.1. The molecule has 2 N–H and O–H groups in total. The lowest BCUT2D eigenvalue weighted by atomic mass is 9.82. The fourth-order valence-electron chi connectivity index (χ4n) is 3.36. The number of rotatable bonds is 5. The summed E-state index contributed by atoms with van der Waals surface area (Å²) < 4.78 is 0. The first-order valence-electron chi connectivity index (χ1n) is 8.27. The van der Waals surface area contributed by atoms with Gasteiger partial charge in [-0.1, -0.05) is 54.6 Å². The van der Waals surface area contributed by atoms with E-state index in [4.69, 9.17) is 0 Å². The van der Waals surface area contributed by atoms with Crippen molar-refractivity contribution in [2.24, 2.45) is 5.92 Å². The fourth-order valence-corrected chi connectivity index (χ4v) is 3.36. The van der Waals surface area contributed by atoms with E-state index in [1.807, 2.05) is 18.2 Å². The summed E-state index contributed by atoms with van der Waals surface area (Å²) in [6.07, 6.45) is 3.19. The van der Waals surface area contributed by atoms with Crippen molar-refractivity contribution in [3.8, 4) is 0 Å². The van der Waals surface area contributed by atoms with Crippen LogP contribution in [0.5, 0.6) is 0 Å². The maximum absolute atomic E-state index is 12.3. The first-order chi connectivity index (χ1) is 11.6. The minimum Gasteiger partial charge on any atom is -0.479 e. The second-order valence-corrected chi connectivity index (χ2v) is 6.33. The number of benzene rings is 2. The molecule has 1 aliphatic carbocycles. The number of amides is 1. The molecule has 24 heavy (non-hydrogen) atoms. The second kappa shape index (κ2) is 7.30. The van der Waals surface area contributed by atoms with Gasteiger partial charge in [-0.3, -0.25) is 4.79 Å². The molecule has 0 spiro atoms. The van der Waals surface area contributed by atoms with E-state index in [9.17, 15) is 14.7 Å². The van der Waals surface area contributed by atoms with Gasteiger partial charge in [-0.25, -0.2) is 4.79 Å². The topological polar surface area (TPSA) is 66.4 Å². The van der Waals surface area contributed by atoms with Gasteiger partial charge in [-0.2, -0.15) is 0 Å². The number of nitrogens with one attached hydrogen (secondary N) is 1. The molecule has 0 saturated heterocycles. The number of hydrogen-bond acceptors (Lipinski definition) is 2. The van der Waals surface area contributed by atoms with Gasteiger partial charge in [-0.05, 0) is 41.9 Å². The van der Waals surface area contributed by atoms with E-state index in [0.717, 1.165) is 19.3 Å². The Morgan fingerprint density at radius 2 is 1.71 bits per heavy atom. The smallest absolute Gasteiger partial charge is 0.330 e. The van der Waals surface area contributed by atoms with E-state index in [2.05, 4.69) is 17.4 Å². The van der Waals surface area contributed by atoms with Gasteiger partial charge in [0.2, 0.25) is 5.91 Å². The molecule has 4 nitrogen and oxygen atoms in total. The number of aryl methyl sites for hydroxylation is 1. The van der Waals surface area contributed by atoms with Gasteiger partial charge in [0, 0.05) is 6.42 Å². The molecule has 2 atom stereocenters. The normalized spacial score (nSPS) is 17.6. The second-order valence-electron chi connectivity index (χ2n) is 6.33. The number of carbonyl (C=O) groups is 2. The molecule has 4 heteroatoms. The van der Waals surface area contributed by atoms with Crippen molar-refractivity contribution in [1.29, 1.82) is 0 Å². The molecule has 0 aliphatic heterocycles. The highest BCUT2D eigenvalue weighted by molar-refractivity contribution is 5.84. The predicted octanol–water partition coefficient (Wildman–Crippen LogP) is 3.12. The van der Waals surface area contributed by atoms with Crippen molar-refractivity contribution in [2.45, 2.75) is 31.7 Å². The number of fused-ring (bicyclic) bond motifs is 1. The zero-order chi connectivity index (χ0) is 16.9. The Morgan fingerprint density at radius 1 is 1.04 bits per heavy atom. The summed E-state index contributed by atoms with van der Waals surface area (Å²) in [5, 5.41) is 12.1. The van der Waals surface area contributed by atoms with Crippen LogP contribution in [-0.2, 0) is 22.4 Å². The summed E-state index contributed by atoms with van der Waals surface area (Å²) >= 11 is 0. The van der Waals surface area contributed by atoms with Crippen LogP contribution in [0.15, 0.2) is 54.6 Å². The van der Waals surface area contributed by atoms with Crippen LogP contribution >= 0.6 is 0 Å². The highest BCUT2D eigenvalue weighted by Crippen LogP contribution is 2.27. The Bertz CT molecular complexity index is 727. The van der Waals surface area contributed by atoms with E-state index in [1.165, 1.54) is 11.1 Å². The SMILES string of the molecule is O=C(CC1CCc2ccccc2C1)N[C@@H](C(=O)O)c1ccccc1. The molecule has 124 valence electrons. The average molecular weight is 323 g/mol. The van der Waals surface area contributed by atoms with E-state index < -0.39 is 12.0 Å². The van der Waals surface area contributed by atoms with Crippen molar-refractivity contribution in [2.75, 3.05) is 0 Å². The summed E-state index contributed by atoms with van der Waals surface area (Å²) in [7, 11) is 0. The number of carbonyl (C=O) groups excluding carboxylic acids is 1. The predicted molar refractivity (Wildman–Crippen MR) is 91.5 cm³/mol. The minimum atomic E-state index is -1.04. The number of aliphatic carboxylic acids is 1. The number of hydrogen-bond donors (Lipinski definition) is 2. The summed E-state index contributed by atoms with van der Waals surface area (Å²) in [4.78, 5) is 23.8. The van der Waals surface area contributed by atoms with Crippen molar-refractivity contribution in [3.05, 3.63) is 71.3 Å². The molecule has 0 saturated carbocycles. The van der Waals surface area contributed by atoms with Crippen molar-refractivity contribution < 1.29 is 14.7 Å². The van der Waals surface area contributed by atoms with Crippen molar-refractivity contribution >= 4 is 11.9 Å². The lowest BCUT2D eigenvalue weighted by Gasteiger charge is -2.24. The summed E-state index contributed by atoms with van der Waals surface area (Å²) in [5.74, 6) is -0.968. The first-order valence-corrected chi connectivity index (χ1v) is 8.27. The van der Waals surface area contributed by atoms with E-state index >= 15 is 0 Å². The van der Waals surface area contributed by atoms with Crippen LogP contribution in [0.3, 0.4) is 0 Å². The van der Waals surface area contributed by atoms with E-state index in [0.29, 0.717) is 12.0 Å². The molecule has 0 heterocycles. The van der Waals surface area contributed by atoms with Crippen LogP contribution in [-0.4, -0.2) is 17.0 Å². The summed E-state index contributed by atoms with van der Waals surface area (Å²) in [5.41, 5.74) is 3.26. The van der Waals surface area contributed by atoms with Crippen LogP contribution in [0, 0.1) is 5.92 Å². The minimum absolute atomic E-state index is 0.198. The maximum Gasteiger partial charge on any atom is 0.330 e. The van der Waals surface area contributed by atoms with Crippen molar-refractivity contribution in [3.63, 3.8) is 0 Å². The molecule has 0 bridgehead atoms. The third-order valence-electron chi connectivity index (χ3n) is 4.61.